The molecule has 0 unspecified atom stereocenters. The number of rotatable bonds is 3. The fourth-order valence-corrected chi connectivity index (χ4v) is 6.13. The normalized spacial score (nSPS) is 17.0. The van der Waals surface area contributed by atoms with E-state index in [4.69, 9.17) is 11.6 Å². The second kappa shape index (κ2) is 8.31. The highest BCUT2D eigenvalue weighted by atomic mass is 35.5. The summed E-state index contributed by atoms with van der Waals surface area (Å²) in [6.45, 7) is 0.671. The molecule has 5 rings (SSSR count). The molecule has 2 aliphatic heterocycles. The zero-order valence-electron chi connectivity index (χ0n) is 16.9. The Labute approximate surface area is 194 Å². The van der Waals surface area contributed by atoms with E-state index >= 15 is 0 Å². The molecule has 1 aromatic heterocycles. The maximum Gasteiger partial charge on any atom is 0.286 e. The number of aromatic nitrogens is 1. The van der Waals surface area contributed by atoms with Crippen LogP contribution in [0.25, 0.3) is 11.3 Å². The average Bonchev–Trinajstić information content (AvgIpc) is 3.11. The maximum atomic E-state index is 12.9. The number of fused-ring (bicyclic) bond motifs is 3. The molecule has 1 amide bonds. The lowest BCUT2D eigenvalue weighted by atomic mass is 10.1. The van der Waals surface area contributed by atoms with Gasteiger partial charge in [0.2, 0.25) is 0 Å². The van der Waals surface area contributed by atoms with E-state index in [2.05, 4.69) is 14.7 Å². The highest BCUT2D eigenvalue weighted by Gasteiger charge is 2.33. The van der Waals surface area contributed by atoms with Gasteiger partial charge in [0.05, 0.1) is 22.0 Å². The van der Waals surface area contributed by atoms with Gasteiger partial charge in [-0.05, 0) is 25.0 Å². The third-order valence-electron chi connectivity index (χ3n) is 5.48. The molecule has 0 atom stereocenters. The van der Waals surface area contributed by atoms with Crippen LogP contribution in [-0.4, -0.2) is 31.7 Å². The lowest BCUT2D eigenvalue weighted by molar-refractivity contribution is 0.102. The predicted octanol–water partition coefficient (Wildman–Crippen LogP) is 5.20. The Morgan fingerprint density at radius 2 is 1.94 bits per heavy atom. The summed E-state index contributed by atoms with van der Waals surface area (Å²) in [5, 5.41) is 5.16. The molecule has 3 heterocycles. The Balaban J connectivity index is 1.46. The minimum absolute atomic E-state index is 0.00168. The van der Waals surface area contributed by atoms with Crippen LogP contribution >= 0.6 is 22.9 Å². The number of thiazole rings is 1. The number of halogens is 1. The van der Waals surface area contributed by atoms with E-state index in [1.54, 1.807) is 6.07 Å². The van der Waals surface area contributed by atoms with Crippen molar-refractivity contribution in [2.45, 2.75) is 30.6 Å². The first-order valence-corrected chi connectivity index (χ1v) is 12.9. The number of amides is 1. The van der Waals surface area contributed by atoms with Crippen LogP contribution in [0.5, 0.6) is 0 Å². The Morgan fingerprint density at radius 3 is 2.75 bits per heavy atom. The molecule has 3 aromatic rings. The van der Waals surface area contributed by atoms with Crippen molar-refractivity contribution in [3.63, 3.8) is 0 Å². The highest BCUT2D eigenvalue weighted by Crippen LogP contribution is 2.38. The second-order valence-electron chi connectivity index (χ2n) is 7.60. The Bertz CT molecular complexity index is 1340. The molecule has 0 aliphatic carbocycles. The average molecular weight is 487 g/mol. The lowest BCUT2D eigenvalue weighted by Crippen LogP contribution is -2.35. The Morgan fingerprint density at radius 1 is 1.12 bits per heavy atom. The minimum Gasteiger partial charge on any atom is -0.328 e. The number of hydrogen-bond acceptors (Lipinski definition) is 6. The molecule has 0 bridgehead atoms. The molecule has 1 N–H and O–H groups in total. The molecule has 1 fully saturated rings. The van der Waals surface area contributed by atoms with Crippen molar-refractivity contribution in [3.05, 3.63) is 58.4 Å². The number of carbonyl (C=O) groups excluding carboxylic acids is 1. The molecule has 7 nitrogen and oxygen atoms in total. The van der Waals surface area contributed by atoms with Crippen molar-refractivity contribution >= 4 is 55.5 Å². The van der Waals surface area contributed by atoms with Gasteiger partial charge in [-0.25, -0.2) is 4.98 Å². The van der Waals surface area contributed by atoms with Gasteiger partial charge in [0.25, 0.3) is 15.9 Å². The molecule has 0 radical (unpaired) electrons. The van der Waals surface area contributed by atoms with E-state index in [9.17, 15) is 13.2 Å². The van der Waals surface area contributed by atoms with Gasteiger partial charge in [-0.3, -0.25) is 10.1 Å². The van der Waals surface area contributed by atoms with Crippen LogP contribution in [0, 0.1) is 0 Å². The maximum absolute atomic E-state index is 12.9. The quantitative estimate of drug-likeness (QED) is 0.549. The molecule has 32 heavy (non-hydrogen) atoms. The van der Waals surface area contributed by atoms with Gasteiger partial charge in [-0.15, -0.1) is 15.7 Å². The Kier molecular flexibility index (Phi) is 5.48. The number of sulfonamides is 1. The summed E-state index contributed by atoms with van der Waals surface area (Å²) < 4.78 is 29.7. The van der Waals surface area contributed by atoms with Crippen LogP contribution < -0.4 is 10.2 Å². The molecule has 2 aromatic carbocycles. The van der Waals surface area contributed by atoms with Crippen molar-refractivity contribution in [2.75, 3.05) is 16.8 Å². The number of nitrogens with zero attached hydrogens (tertiary/aromatic N) is 3. The van der Waals surface area contributed by atoms with Crippen molar-refractivity contribution < 1.29 is 13.2 Å². The topological polar surface area (TPSA) is 91.7 Å². The zero-order chi connectivity index (χ0) is 22.3. The van der Waals surface area contributed by atoms with E-state index in [-0.39, 0.29) is 15.5 Å². The van der Waals surface area contributed by atoms with Crippen LogP contribution in [0.15, 0.2) is 57.1 Å². The van der Waals surface area contributed by atoms with Gasteiger partial charge in [0, 0.05) is 23.9 Å². The number of hydrogen-bond donors (Lipinski definition) is 1. The smallest absolute Gasteiger partial charge is 0.286 e. The van der Waals surface area contributed by atoms with Gasteiger partial charge >= 0.3 is 0 Å². The summed E-state index contributed by atoms with van der Waals surface area (Å²) in [6, 6.07) is 12.5. The molecule has 0 spiro atoms. The summed E-state index contributed by atoms with van der Waals surface area (Å²) in [5.74, 6) is 0.0205. The van der Waals surface area contributed by atoms with Crippen LogP contribution in [0.3, 0.4) is 0 Å². The van der Waals surface area contributed by atoms with Crippen molar-refractivity contribution in [1.29, 1.82) is 0 Å². The first-order valence-electron chi connectivity index (χ1n) is 10.2. The molecule has 1 saturated heterocycles. The van der Waals surface area contributed by atoms with E-state index in [1.807, 2.05) is 40.6 Å². The number of carbonyl (C=O) groups is 1. The predicted molar refractivity (Wildman–Crippen MR) is 127 cm³/mol. The number of amidine groups is 1. The fourth-order valence-electron chi connectivity index (χ4n) is 3.91. The van der Waals surface area contributed by atoms with Crippen LogP contribution in [-0.2, 0) is 10.0 Å². The zero-order valence-corrected chi connectivity index (χ0v) is 19.3. The number of anilines is 2. The van der Waals surface area contributed by atoms with Crippen molar-refractivity contribution in [3.8, 4) is 11.3 Å². The summed E-state index contributed by atoms with van der Waals surface area (Å²) in [4.78, 5) is 19.3. The van der Waals surface area contributed by atoms with Crippen molar-refractivity contribution in [1.82, 2.24) is 4.98 Å². The van der Waals surface area contributed by atoms with Crippen molar-refractivity contribution in [2.24, 2.45) is 4.40 Å². The fraction of sp³-hybridized carbons (Fsp3) is 0.227. The van der Waals surface area contributed by atoms with Gasteiger partial charge in [-0.1, -0.05) is 48.4 Å². The Hall–Kier alpha value is -2.75. The SMILES string of the molecule is O=C(Nc1nc(-c2ccccc2)cs1)c1cc2c(cc1Cl)N1CCCCCC1=NS2(=O)=O. The van der Waals surface area contributed by atoms with Crippen LogP contribution in [0.4, 0.5) is 10.8 Å². The molecular weight excluding hydrogens is 468 g/mol. The molecule has 0 saturated carbocycles. The van der Waals surface area contributed by atoms with E-state index in [1.165, 1.54) is 17.4 Å². The van der Waals surface area contributed by atoms with Crippen LogP contribution in [0.1, 0.15) is 36.0 Å². The molecule has 2 aliphatic rings. The van der Waals surface area contributed by atoms with Gasteiger partial charge in [-0.2, -0.15) is 8.42 Å². The van der Waals surface area contributed by atoms with E-state index in [0.717, 1.165) is 30.5 Å². The molecule has 10 heteroatoms. The number of benzene rings is 2. The standard InChI is InChI=1S/C22H19ClN4O3S2/c23-16-12-18-19(32(29,30)26-20-9-5-2-6-10-27(18)20)11-15(16)21(28)25-22-24-17(13-31-22)14-7-3-1-4-8-14/h1,3-4,7-8,11-13H,2,5-6,9-10H2,(H,24,25,28). The highest BCUT2D eigenvalue weighted by molar-refractivity contribution is 7.90. The van der Waals surface area contributed by atoms with Crippen LogP contribution in [0.2, 0.25) is 5.02 Å². The summed E-state index contributed by atoms with van der Waals surface area (Å²) in [6.07, 6.45) is 3.45. The first-order chi connectivity index (χ1) is 15.4. The summed E-state index contributed by atoms with van der Waals surface area (Å²) in [5.41, 5.74) is 2.24. The largest absolute Gasteiger partial charge is 0.328 e. The number of nitrogens with one attached hydrogen (secondary N) is 1. The third-order valence-corrected chi connectivity index (χ3v) is 7.88. The van der Waals surface area contributed by atoms with Gasteiger partial charge < -0.3 is 4.90 Å². The third kappa shape index (κ3) is 3.92. The summed E-state index contributed by atoms with van der Waals surface area (Å²) in [7, 11) is -3.91. The monoisotopic (exact) mass is 486 g/mol. The molecular formula is C22H19ClN4O3S2. The van der Waals surface area contributed by atoms with E-state index in [0.29, 0.717) is 29.6 Å². The summed E-state index contributed by atoms with van der Waals surface area (Å²) >= 11 is 7.73. The van der Waals surface area contributed by atoms with Gasteiger partial charge in [0.1, 0.15) is 10.7 Å². The second-order valence-corrected chi connectivity index (χ2v) is 10.4. The molecule has 164 valence electrons. The lowest BCUT2D eigenvalue weighted by Gasteiger charge is -2.30. The van der Waals surface area contributed by atoms with Gasteiger partial charge in [0.15, 0.2) is 5.13 Å². The minimum atomic E-state index is -3.91. The van der Waals surface area contributed by atoms with E-state index < -0.39 is 15.9 Å². The first kappa shape index (κ1) is 21.1.